The van der Waals surface area contributed by atoms with Gasteiger partial charge >= 0.3 is 0 Å². The van der Waals surface area contributed by atoms with E-state index in [9.17, 15) is 9.90 Å². The minimum Gasteiger partial charge on any atom is -0.457 e. The van der Waals surface area contributed by atoms with Crippen molar-refractivity contribution >= 4 is 5.78 Å². The zero-order valence-electron chi connectivity index (χ0n) is 12.0. The van der Waals surface area contributed by atoms with Crippen LogP contribution >= 0.6 is 0 Å². The van der Waals surface area contributed by atoms with Crippen molar-refractivity contribution in [3.05, 3.63) is 59.7 Å². The third-order valence-corrected chi connectivity index (χ3v) is 2.99. The number of aliphatic hydroxyl groups excluding tert-OH is 1. The van der Waals surface area contributed by atoms with E-state index in [0.29, 0.717) is 17.1 Å². The van der Waals surface area contributed by atoms with Crippen LogP contribution < -0.4 is 4.74 Å². The Morgan fingerprint density at radius 3 is 2.33 bits per heavy atom. The van der Waals surface area contributed by atoms with Crippen molar-refractivity contribution in [2.45, 2.75) is 26.1 Å². The number of ether oxygens (including phenoxy) is 1. The molecule has 0 atom stereocenters. The molecule has 0 aliphatic rings. The first-order chi connectivity index (χ1) is 9.90. The highest BCUT2D eigenvalue weighted by Crippen LogP contribution is 2.23. The van der Waals surface area contributed by atoms with Gasteiger partial charge in [0, 0.05) is 5.56 Å². The summed E-state index contributed by atoms with van der Waals surface area (Å²) in [6.07, 6.45) is 0. The van der Waals surface area contributed by atoms with E-state index in [4.69, 9.17) is 9.84 Å². The van der Waals surface area contributed by atoms with Gasteiger partial charge in [-0.1, -0.05) is 12.1 Å². The molecule has 2 aromatic carbocycles. The van der Waals surface area contributed by atoms with Crippen molar-refractivity contribution in [3.8, 4) is 11.5 Å². The zero-order chi connectivity index (χ0) is 15.5. The van der Waals surface area contributed by atoms with E-state index in [-0.39, 0.29) is 12.4 Å². The molecule has 4 heteroatoms. The number of benzene rings is 2. The minimum absolute atomic E-state index is 0.0454. The molecule has 110 valence electrons. The number of carbonyl (C=O) groups is 1. The molecule has 0 saturated carbocycles. The normalized spacial score (nSPS) is 11.2. The lowest BCUT2D eigenvalue weighted by molar-refractivity contribution is 0.0488. The Morgan fingerprint density at radius 2 is 1.76 bits per heavy atom. The summed E-state index contributed by atoms with van der Waals surface area (Å²) in [7, 11) is 0. The Balaban J connectivity index is 2.14. The van der Waals surface area contributed by atoms with E-state index < -0.39 is 5.60 Å². The summed E-state index contributed by atoms with van der Waals surface area (Å²) in [5.41, 5.74) is -0.196. The maximum atomic E-state index is 11.9. The molecule has 0 radical (unpaired) electrons. The van der Waals surface area contributed by atoms with Gasteiger partial charge in [-0.25, -0.2) is 0 Å². The predicted octanol–water partition coefficient (Wildman–Crippen LogP) is 2.92. The molecule has 0 aliphatic carbocycles. The highest BCUT2D eigenvalue weighted by Gasteiger charge is 2.24. The highest BCUT2D eigenvalue weighted by atomic mass is 16.5. The Kier molecular flexibility index (Phi) is 4.40. The maximum Gasteiger partial charge on any atom is 0.193 e. The topological polar surface area (TPSA) is 66.8 Å². The SMILES string of the molecule is CC(C)(O)C(=O)c1ccc(Oc2cccc(CO)c2)cc1. The average molecular weight is 286 g/mol. The summed E-state index contributed by atoms with van der Waals surface area (Å²) < 4.78 is 5.66. The first-order valence-electron chi connectivity index (χ1n) is 6.65. The van der Waals surface area contributed by atoms with E-state index in [1.165, 1.54) is 13.8 Å². The summed E-state index contributed by atoms with van der Waals surface area (Å²) >= 11 is 0. The molecule has 4 nitrogen and oxygen atoms in total. The monoisotopic (exact) mass is 286 g/mol. The van der Waals surface area contributed by atoms with Crippen LogP contribution in [0.15, 0.2) is 48.5 Å². The Bertz CT molecular complexity index is 624. The summed E-state index contributed by atoms with van der Waals surface area (Å²) in [6, 6.07) is 13.7. The lowest BCUT2D eigenvalue weighted by Gasteiger charge is -2.15. The molecular formula is C17H18O4. The molecule has 2 N–H and O–H groups in total. The lowest BCUT2D eigenvalue weighted by atomic mass is 9.97. The molecule has 0 amide bonds. The van der Waals surface area contributed by atoms with Crippen LogP contribution in [0.3, 0.4) is 0 Å². The van der Waals surface area contributed by atoms with Crippen LogP contribution in [-0.4, -0.2) is 21.6 Å². The number of hydrogen-bond donors (Lipinski definition) is 2. The summed E-state index contributed by atoms with van der Waals surface area (Å²) in [6.45, 7) is 2.87. The van der Waals surface area contributed by atoms with Crippen molar-refractivity contribution in [1.82, 2.24) is 0 Å². The third kappa shape index (κ3) is 3.90. The van der Waals surface area contributed by atoms with Gasteiger partial charge in [0.15, 0.2) is 5.78 Å². The molecule has 0 unspecified atom stereocenters. The van der Waals surface area contributed by atoms with Crippen molar-refractivity contribution in [2.75, 3.05) is 0 Å². The number of aliphatic hydroxyl groups is 2. The second kappa shape index (κ2) is 6.08. The standard InChI is InChI=1S/C17H18O4/c1-17(2,20)16(19)13-6-8-14(9-7-13)21-15-5-3-4-12(10-15)11-18/h3-10,18,20H,11H2,1-2H3. The molecule has 0 heterocycles. The molecule has 0 bridgehead atoms. The van der Waals surface area contributed by atoms with Crippen LogP contribution in [0.25, 0.3) is 0 Å². The first-order valence-corrected chi connectivity index (χ1v) is 6.65. The van der Waals surface area contributed by atoms with Crippen LogP contribution in [0.1, 0.15) is 29.8 Å². The fraction of sp³-hybridized carbons (Fsp3) is 0.235. The molecule has 2 rings (SSSR count). The predicted molar refractivity (Wildman–Crippen MR) is 79.5 cm³/mol. The van der Waals surface area contributed by atoms with Gasteiger partial charge in [0.05, 0.1) is 6.61 Å². The van der Waals surface area contributed by atoms with Crippen molar-refractivity contribution in [3.63, 3.8) is 0 Å². The van der Waals surface area contributed by atoms with Crippen LogP contribution in [0, 0.1) is 0 Å². The van der Waals surface area contributed by atoms with Crippen LogP contribution in [0.2, 0.25) is 0 Å². The molecule has 21 heavy (non-hydrogen) atoms. The van der Waals surface area contributed by atoms with Gasteiger partial charge in [0.25, 0.3) is 0 Å². The lowest BCUT2D eigenvalue weighted by Crippen LogP contribution is -2.30. The third-order valence-electron chi connectivity index (χ3n) is 2.99. The summed E-state index contributed by atoms with van der Waals surface area (Å²) in [5, 5.41) is 18.8. The Morgan fingerprint density at radius 1 is 1.10 bits per heavy atom. The van der Waals surface area contributed by atoms with E-state index in [0.717, 1.165) is 5.56 Å². The number of carbonyl (C=O) groups excluding carboxylic acids is 1. The maximum absolute atomic E-state index is 11.9. The van der Waals surface area contributed by atoms with E-state index in [1.807, 2.05) is 0 Å². The smallest absolute Gasteiger partial charge is 0.193 e. The second-order valence-electron chi connectivity index (χ2n) is 5.32. The molecular weight excluding hydrogens is 268 g/mol. The first kappa shape index (κ1) is 15.2. The van der Waals surface area contributed by atoms with Gasteiger partial charge in [0.2, 0.25) is 0 Å². The Hall–Kier alpha value is -2.17. The number of hydrogen-bond acceptors (Lipinski definition) is 4. The summed E-state index contributed by atoms with van der Waals surface area (Å²) in [4.78, 5) is 11.9. The average Bonchev–Trinajstić information content (AvgIpc) is 2.46. The van der Waals surface area contributed by atoms with Gasteiger partial charge in [-0.15, -0.1) is 0 Å². The number of ketones is 1. The quantitative estimate of drug-likeness (QED) is 0.829. The van der Waals surface area contributed by atoms with E-state index in [2.05, 4.69) is 0 Å². The molecule has 0 aliphatic heterocycles. The molecule has 0 aromatic heterocycles. The highest BCUT2D eigenvalue weighted by molar-refractivity contribution is 6.01. The van der Waals surface area contributed by atoms with Gasteiger partial charge in [-0.2, -0.15) is 0 Å². The molecule has 0 saturated heterocycles. The van der Waals surface area contributed by atoms with Gasteiger partial charge in [-0.05, 0) is 55.8 Å². The Labute approximate surface area is 123 Å². The van der Waals surface area contributed by atoms with Crippen LogP contribution in [0.4, 0.5) is 0 Å². The molecule has 0 fully saturated rings. The van der Waals surface area contributed by atoms with Gasteiger partial charge < -0.3 is 14.9 Å². The van der Waals surface area contributed by atoms with Gasteiger partial charge in [-0.3, -0.25) is 4.79 Å². The second-order valence-corrected chi connectivity index (χ2v) is 5.32. The van der Waals surface area contributed by atoms with Crippen LogP contribution in [-0.2, 0) is 6.61 Å². The van der Waals surface area contributed by atoms with E-state index in [1.54, 1.807) is 48.5 Å². The largest absolute Gasteiger partial charge is 0.457 e. The van der Waals surface area contributed by atoms with Crippen molar-refractivity contribution in [2.24, 2.45) is 0 Å². The molecule has 2 aromatic rings. The fourth-order valence-corrected chi connectivity index (χ4v) is 1.87. The fourth-order valence-electron chi connectivity index (χ4n) is 1.87. The van der Waals surface area contributed by atoms with Crippen molar-refractivity contribution < 1.29 is 19.7 Å². The van der Waals surface area contributed by atoms with Crippen molar-refractivity contribution in [1.29, 1.82) is 0 Å². The number of rotatable bonds is 5. The van der Waals surface area contributed by atoms with Gasteiger partial charge in [0.1, 0.15) is 17.1 Å². The van der Waals surface area contributed by atoms with E-state index >= 15 is 0 Å². The molecule has 0 spiro atoms. The van der Waals surface area contributed by atoms with Crippen LogP contribution in [0.5, 0.6) is 11.5 Å². The summed E-state index contributed by atoms with van der Waals surface area (Å²) in [5.74, 6) is 0.858. The number of Topliss-reactive ketones (excluding diaryl/α,β-unsaturated/α-hetero) is 1. The zero-order valence-corrected chi connectivity index (χ0v) is 12.0. The minimum atomic E-state index is -1.39.